The van der Waals surface area contributed by atoms with E-state index >= 15 is 0 Å². The Morgan fingerprint density at radius 1 is 0.829 bits per heavy atom. The molecule has 0 saturated carbocycles. The number of ether oxygens (including phenoxy) is 2. The molecule has 0 amide bonds. The third-order valence-corrected chi connectivity index (χ3v) is 6.42. The van der Waals surface area contributed by atoms with Crippen LogP contribution in [-0.4, -0.2) is 46.6 Å². The van der Waals surface area contributed by atoms with Gasteiger partial charge in [0.05, 0.1) is 55.1 Å². The van der Waals surface area contributed by atoms with Gasteiger partial charge in [-0.25, -0.2) is 4.98 Å². The van der Waals surface area contributed by atoms with Gasteiger partial charge < -0.3 is 15.2 Å². The number of nitrogens with zero attached hydrogens (tertiary/aromatic N) is 3. The predicted octanol–water partition coefficient (Wildman–Crippen LogP) is 4.55. The molecule has 0 unspecified atom stereocenters. The monoisotopic (exact) mass is 463 g/mol. The van der Waals surface area contributed by atoms with Crippen molar-refractivity contribution in [3.63, 3.8) is 0 Å². The van der Waals surface area contributed by atoms with Crippen LogP contribution < -0.4 is 5.73 Å². The van der Waals surface area contributed by atoms with E-state index in [1.54, 1.807) is 12.4 Å². The summed E-state index contributed by atoms with van der Waals surface area (Å²) in [5.74, 6) is 0. The van der Waals surface area contributed by atoms with Crippen molar-refractivity contribution in [2.45, 2.75) is 5.54 Å². The summed E-state index contributed by atoms with van der Waals surface area (Å²) in [6.07, 6.45) is 5.41. The number of nitrogens with two attached hydrogens (primary N) is 1. The van der Waals surface area contributed by atoms with E-state index in [9.17, 15) is 0 Å². The summed E-state index contributed by atoms with van der Waals surface area (Å²) < 4.78 is 11.3. The molecule has 1 aliphatic heterocycles. The van der Waals surface area contributed by atoms with Crippen LogP contribution >= 0.6 is 0 Å². The number of hydrogen-bond acceptors (Lipinski definition) is 6. The van der Waals surface area contributed by atoms with Gasteiger partial charge in [-0.1, -0.05) is 54.6 Å². The van der Waals surface area contributed by atoms with Crippen molar-refractivity contribution in [1.29, 1.82) is 0 Å². The smallest absolute Gasteiger partial charge is 0.0883 e. The van der Waals surface area contributed by atoms with Crippen molar-refractivity contribution >= 4 is 10.9 Å². The highest BCUT2D eigenvalue weighted by atomic mass is 16.5. The average molecular weight is 464 g/mol. The Kier molecular flexibility index (Phi) is 5.58. The highest BCUT2D eigenvalue weighted by molar-refractivity contribution is 5.98. The van der Waals surface area contributed by atoms with Gasteiger partial charge in [-0.2, -0.15) is 5.10 Å². The molecule has 5 aromatic rings. The van der Waals surface area contributed by atoms with Gasteiger partial charge in [0, 0.05) is 34.5 Å². The van der Waals surface area contributed by atoms with Crippen molar-refractivity contribution < 1.29 is 9.47 Å². The maximum Gasteiger partial charge on any atom is 0.0883 e. The first kappa shape index (κ1) is 21.6. The van der Waals surface area contributed by atoms with Crippen LogP contribution in [0.5, 0.6) is 0 Å². The van der Waals surface area contributed by atoms with Crippen LogP contribution in [0, 0.1) is 0 Å². The first-order valence-corrected chi connectivity index (χ1v) is 11.6. The lowest BCUT2D eigenvalue weighted by molar-refractivity contribution is 0.103. The van der Waals surface area contributed by atoms with E-state index in [1.807, 2.05) is 30.5 Å². The number of pyridine rings is 2. The normalized spacial score (nSPS) is 15.7. The van der Waals surface area contributed by atoms with Gasteiger partial charge in [-0.05, 0) is 23.3 Å². The largest absolute Gasteiger partial charge is 0.377 e. The van der Waals surface area contributed by atoms with E-state index in [4.69, 9.17) is 20.2 Å². The molecule has 3 N–H and O–H groups in total. The van der Waals surface area contributed by atoms with E-state index in [0.29, 0.717) is 26.4 Å². The van der Waals surface area contributed by atoms with Crippen LogP contribution in [0.3, 0.4) is 0 Å². The van der Waals surface area contributed by atoms with Gasteiger partial charge in [0.1, 0.15) is 0 Å². The van der Waals surface area contributed by atoms with E-state index in [2.05, 4.69) is 57.6 Å². The molecule has 1 fully saturated rings. The minimum Gasteiger partial charge on any atom is -0.377 e. The van der Waals surface area contributed by atoms with Crippen LogP contribution in [-0.2, 0) is 15.0 Å². The lowest BCUT2D eigenvalue weighted by Crippen LogP contribution is -2.44. The summed E-state index contributed by atoms with van der Waals surface area (Å²) in [5.41, 5.74) is 13.6. The molecule has 2 aromatic carbocycles. The number of aromatic amines is 1. The highest BCUT2D eigenvalue weighted by Crippen LogP contribution is 2.36. The van der Waals surface area contributed by atoms with Gasteiger partial charge in [-0.15, -0.1) is 0 Å². The van der Waals surface area contributed by atoms with Crippen molar-refractivity contribution in [2.24, 2.45) is 5.73 Å². The summed E-state index contributed by atoms with van der Waals surface area (Å²) in [4.78, 5) is 9.74. The fourth-order valence-electron chi connectivity index (χ4n) is 4.56. The molecule has 0 radical (unpaired) electrons. The van der Waals surface area contributed by atoms with Gasteiger partial charge in [0.15, 0.2) is 0 Å². The first-order valence-electron chi connectivity index (χ1n) is 11.6. The molecule has 35 heavy (non-hydrogen) atoms. The molecule has 174 valence electrons. The summed E-state index contributed by atoms with van der Waals surface area (Å²) >= 11 is 0. The molecule has 0 bridgehead atoms. The Balaban J connectivity index is 1.49. The van der Waals surface area contributed by atoms with Crippen molar-refractivity contribution in [3.8, 4) is 33.6 Å². The SMILES string of the molecule is NC1(c2ccc(-c3nc4ccnc(-c5cn[nH]c5)c4cc3-c3ccccc3)cc2)COCCOC1. The number of hydrogen-bond donors (Lipinski definition) is 2. The fourth-order valence-corrected chi connectivity index (χ4v) is 4.56. The van der Waals surface area contributed by atoms with E-state index in [0.717, 1.165) is 50.1 Å². The maximum atomic E-state index is 6.65. The molecule has 0 atom stereocenters. The number of fused-ring (bicyclic) bond motifs is 1. The zero-order valence-corrected chi connectivity index (χ0v) is 19.1. The van der Waals surface area contributed by atoms with Crippen molar-refractivity contribution in [1.82, 2.24) is 20.2 Å². The molecule has 1 saturated heterocycles. The topological polar surface area (TPSA) is 98.9 Å². The van der Waals surface area contributed by atoms with Crippen LogP contribution in [0.15, 0.2) is 85.3 Å². The lowest BCUT2D eigenvalue weighted by Gasteiger charge is -2.27. The number of aromatic nitrogens is 4. The highest BCUT2D eigenvalue weighted by Gasteiger charge is 2.30. The molecule has 4 heterocycles. The maximum absolute atomic E-state index is 6.65. The van der Waals surface area contributed by atoms with E-state index in [1.165, 1.54) is 0 Å². The number of benzene rings is 2. The lowest BCUT2D eigenvalue weighted by atomic mass is 9.90. The summed E-state index contributed by atoms with van der Waals surface area (Å²) in [7, 11) is 0. The van der Waals surface area contributed by atoms with Gasteiger partial charge >= 0.3 is 0 Å². The minimum absolute atomic E-state index is 0.430. The molecule has 7 nitrogen and oxygen atoms in total. The Morgan fingerprint density at radius 2 is 1.60 bits per heavy atom. The van der Waals surface area contributed by atoms with Crippen LogP contribution in [0.4, 0.5) is 0 Å². The van der Waals surface area contributed by atoms with Crippen LogP contribution in [0.1, 0.15) is 5.56 Å². The van der Waals surface area contributed by atoms with Gasteiger partial charge in [-0.3, -0.25) is 10.1 Å². The molecular formula is C28H25N5O2. The first-order chi connectivity index (χ1) is 17.2. The molecule has 6 rings (SSSR count). The second-order valence-electron chi connectivity index (χ2n) is 8.80. The van der Waals surface area contributed by atoms with Gasteiger partial charge in [0.25, 0.3) is 0 Å². The fraction of sp³-hybridized carbons (Fsp3) is 0.179. The molecule has 7 heteroatoms. The zero-order chi connectivity index (χ0) is 23.7. The Labute approximate surface area is 203 Å². The third kappa shape index (κ3) is 4.10. The second kappa shape index (κ2) is 9.03. The summed E-state index contributed by atoms with van der Waals surface area (Å²) in [6.45, 7) is 1.99. The second-order valence-corrected chi connectivity index (χ2v) is 8.80. The minimum atomic E-state index is -0.667. The van der Waals surface area contributed by atoms with Crippen LogP contribution in [0.25, 0.3) is 44.5 Å². The third-order valence-electron chi connectivity index (χ3n) is 6.42. The molecular weight excluding hydrogens is 438 g/mol. The molecule has 3 aromatic heterocycles. The quantitative estimate of drug-likeness (QED) is 0.406. The number of nitrogens with one attached hydrogen (secondary N) is 1. The standard InChI is InChI=1S/C28H25N5O2/c29-28(17-34-12-13-35-18-28)22-8-6-20(7-9-22)27-23(19-4-2-1-3-5-19)14-24-25(33-27)10-11-30-26(24)21-15-31-32-16-21/h1-11,14-16H,12-13,17-18,29H2,(H,31,32). The Morgan fingerprint density at radius 3 is 2.31 bits per heavy atom. The van der Waals surface area contributed by atoms with E-state index in [-0.39, 0.29) is 0 Å². The van der Waals surface area contributed by atoms with Crippen LogP contribution in [0.2, 0.25) is 0 Å². The van der Waals surface area contributed by atoms with Gasteiger partial charge in [0.2, 0.25) is 0 Å². The Bertz CT molecular complexity index is 1440. The zero-order valence-electron chi connectivity index (χ0n) is 19.1. The number of rotatable bonds is 4. The average Bonchev–Trinajstić information content (AvgIpc) is 3.36. The Hall–Kier alpha value is -3.91. The summed E-state index contributed by atoms with van der Waals surface area (Å²) in [5, 5.41) is 7.95. The summed E-state index contributed by atoms with van der Waals surface area (Å²) in [6, 6.07) is 22.7. The molecule has 0 aliphatic carbocycles. The van der Waals surface area contributed by atoms with E-state index < -0.39 is 5.54 Å². The predicted molar refractivity (Wildman–Crippen MR) is 135 cm³/mol. The molecule has 1 aliphatic rings. The van der Waals surface area contributed by atoms with Crippen molar-refractivity contribution in [2.75, 3.05) is 26.4 Å². The number of H-pyrrole nitrogens is 1. The molecule has 0 spiro atoms. The van der Waals surface area contributed by atoms with Crippen molar-refractivity contribution in [3.05, 3.63) is 90.9 Å².